The highest BCUT2D eigenvalue weighted by Gasteiger charge is 2.41. The van der Waals surface area contributed by atoms with E-state index in [1.165, 1.54) is 0 Å². The molecule has 9 heteroatoms. The number of nitrogens with zero attached hydrogens (tertiary/aromatic N) is 4. The third kappa shape index (κ3) is 5.17. The average Bonchev–Trinajstić information content (AvgIpc) is 3.53. The summed E-state index contributed by atoms with van der Waals surface area (Å²) < 4.78 is 7.43. The molecule has 5 rings (SSSR count). The second-order valence-corrected chi connectivity index (χ2v) is 9.20. The van der Waals surface area contributed by atoms with Crippen molar-refractivity contribution < 1.29 is 9.53 Å². The second-order valence-electron chi connectivity index (χ2n) is 8.82. The van der Waals surface area contributed by atoms with Crippen LogP contribution in [-0.4, -0.2) is 44.1 Å². The number of rotatable bonds is 8. The lowest BCUT2D eigenvalue weighted by molar-refractivity contribution is -0.116. The van der Waals surface area contributed by atoms with Crippen LogP contribution < -0.4 is 15.4 Å². The predicted octanol–water partition coefficient (Wildman–Crippen LogP) is 4.59. The smallest absolute Gasteiger partial charge is 0.226 e. The number of hydrogen-bond acceptors (Lipinski definition) is 5. The molecule has 0 unspecified atom stereocenters. The Labute approximate surface area is 221 Å². The molecule has 0 saturated carbocycles. The Balaban J connectivity index is 1.43. The molecule has 37 heavy (non-hydrogen) atoms. The number of pyridine rings is 2. The van der Waals surface area contributed by atoms with Crippen molar-refractivity contribution in [3.05, 3.63) is 102 Å². The molecule has 0 aliphatic carbocycles. The first-order valence-electron chi connectivity index (χ1n) is 12.1. The van der Waals surface area contributed by atoms with Crippen molar-refractivity contribution in [2.75, 3.05) is 19.0 Å². The van der Waals surface area contributed by atoms with Gasteiger partial charge in [0, 0.05) is 37.3 Å². The van der Waals surface area contributed by atoms with Crippen molar-refractivity contribution in [2.45, 2.75) is 25.4 Å². The number of amides is 1. The molecule has 1 saturated heterocycles. The fraction of sp³-hybridized carbons (Fsp3) is 0.214. The van der Waals surface area contributed by atoms with E-state index in [-0.39, 0.29) is 24.4 Å². The number of carbonyl (C=O) groups is 1. The molecule has 2 atom stereocenters. The lowest BCUT2D eigenvalue weighted by Gasteiger charge is -2.28. The average molecular weight is 513 g/mol. The van der Waals surface area contributed by atoms with Gasteiger partial charge in [-0.15, -0.1) is 0 Å². The standard InChI is InChI=1S/C28H28N6O2S/c1-19-12-13-24(30-18-19)33-16-7-10-22(33)27-26(21-9-5-6-15-29-21)32-28(37)34(27)17-14-25(35)31-20-8-3-4-11-23(20)36-2/h3-13,15-16,18,26-27H,14,17H2,1-2H3,(H,31,35)(H,32,37)/t26-,27+/m0/s1. The Bertz CT molecular complexity index is 1390. The number of nitrogens with one attached hydrogen (secondary N) is 2. The van der Waals surface area contributed by atoms with Gasteiger partial charge in [-0.25, -0.2) is 4.98 Å². The number of ether oxygens (including phenoxy) is 1. The molecule has 0 radical (unpaired) electrons. The Hall–Kier alpha value is -4.24. The van der Waals surface area contributed by atoms with Gasteiger partial charge in [-0.1, -0.05) is 24.3 Å². The van der Waals surface area contributed by atoms with Crippen molar-refractivity contribution in [3.63, 3.8) is 0 Å². The molecule has 1 fully saturated rings. The van der Waals surface area contributed by atoms with E-state index in [9.17, 15) is 4.79 Å². The number of benzene rings is 1. The van der Waals surface area contributed by atoms with E-state index >= 15 is 0 Å². The van der Waals surface area contributed by atoms with Crippen LogP contribution in [-0.2, 0) is 4.79 Å². The van der Waals surface area contributed by atoms with Crippen LogP contribution in [0.25, 0.3) is 5.82 Å². The minimum atomic E-state index is -0.195. The molecule has 8 nitrogen and oxygen atoms in total. The van der Waals surface area contributed by atoms with Crippen LogP contribution in [0.3, 0.4) is 0 Å². The SMILES string of the molecule is COc1ccccc1NC(=O)CCN1C(=S)N[C@@H](c2ccccn2)[C@H]1c1cccn1-c1ccc(C)cn1. The van der Waals surface area contributed by atoms with Gasteiger partial charge >= 0.3 is 0 Å². The summed E-state index contributed by atoms with van der Waals surface area (Å²) >= 11 is 5.78. The summed E-state index contributed by atoms with van der Waals surface area (Å²) in [6, 6.07) is 20.9. The number of anilines is 1. The van der Waals surface area contributed by atoms with Crippen molar-refractivity contribution in [3.8, 4) is 11.6 Å². The maximum atomic E-state index is 12.9. The summed E-state index contributed by atoms with van der Waals surface area (Å²) in [6.07, 6.45) is 5.87. The summed E-state index contributed by atoms with van der Waals surface area (Å²) in [6.45, 7) is 2.44. The molecular weight excluding hydrogens is 484 g/mol. The molecule has 1 aliphatic rings. The van der Waals surface area contributed by atoms with Gasteiger partial charge in [0.2, 0.25) is 5.91 Å². The number of carbonyl (C=O) groups excluding carboxylic acids is 1. The zero-order chi connectivity index (χ0) is 25.8. The van der Waals surface area contributed by atoms with Gasteiger partial charge in [-0.3, -0.25) is 9.78 Å². The molecule has 3 aromatic heterocycles. The third-order valence-corrected chi connectivity index (χ3v) is 6.74. The normalized spacial score (nSPS) is 16.9. The topological polar surface area (TPSA) is 84.3 Å². The van der Waals surface area contributed by atoms with Gasteiger partial charge in [0.1, 0.15) is 11.6 Å². The van der Waals surface area contributed by atoms with Crippen LogP contribution in [0.2, 0.25) is 0 Å². The Morgan fingerprint density at radius 1 is 1.08 bits per heavy atom. The first-order chi connectivity index (χ1) is 18.0. The highest BCUT2D eigenvalue weighted by atomic mass is 32.1. The van der Waals surface area contributed by atoms with Crippen LogP contribution in [0.15, 0.2) is 85.3 Å². The van der Waals surface area contributed by atoms with Gasteiger partial charge in [0.25, 0.3) is 0 Å². The van der Waals surface area contributed by atoms with Crippen molar-refractivity contribution in [1.82, 2.24) is 24.8 Å². The number of para-hydroxylation sites is 2. The van der Waals surface area contributed by atoms with Gasteiger partial charge < -0.3 is 24.8 Å². The second kappa shape index (κ2) is 10.8. The molecule has 4 heterocycles. The number of methoxy groups -OCH3 is 1. The van der Waals surface area contributed by atoms with Gasteiger partial charge in [0.15, 0.2) is 5.11 Å². The Kier molecular flexibility index (Phi) is 7.14. The maximum absolute atomic E-state index is 12.9. The van der Waals surface area contributed by atoms with E-state index in [0.29, 0.717) is 23.1 Å². The predicted molar refractivity (Wildman–Crippen MR) is 147 cm³/mol. The van der Waals surface area contributed by atoms with Gasteiger partial charge in [-0.05, 0) is 67.2 Å². The monoisotopic (exact) mass is 512 g/mol. The van der Waals surface area contributed by atoms with Crippen LogP contribution >= 0.6 is 12.2 Å². The zero-order valence-electron chi connectivity index (χ0n) is 20.7. The fourth-order valence-corrected chi connectivity index (χ4v) is 4.93. The summed E-state index contributed by atoms with van der Waals surface area (Å²) in [5.74, 6) is 1.31. The number of hydrogen-bond donors (Lipinski definition) is 2. The molecular formula is C28H28N6O2S. The largest absolute Gasteiger partial charge is 0.495 e. The Morgan fingerprint density at radius 3 is 2.68 bits per heavy atom. The van der Waals surface area contributed by atoms with Crippen molar-refractivity contribution in [1.29, 1.82) is 0 Å². The van der Waals surface area contributed by atoms with Crippen molar-refractivity contribution in [2.24, 2.45) is 0 Å². The van der Waals surface area contributed by atoms with Crippen LogP contribution in [0.5, 0.6) is 5.75 Å². The van der Waals surface area contributed by atoms with Crippen molar-refractivity contribution >= 4 is 28.9 Å². The summed E-state index contributed by atoms with van der Waals surface area (Å²) in [7, 11) is 1.58. The Morgan fingerprint density at radius 2 is 1.92 bits per heavy atom. The van der Waals surface area contributed by atoms with E-state index in [2.05, 4.69) is 36.1 Å². The van der Waals surface area contributed by atoms with Crippen LogP contribution in [0.1, 0.15) is 35.5 Å². The van der Waals surface area contributed by atoms with E-state index in [1.807, 2.05) is 80.0 Å². The first-order valence-corrected chi connectivity index (χ1v) is 12.5. The molecule has 1 amide bonds. The zero-order valence-corrected chi connectivity index (χ0v) is 21.5. The van der Waals surface area contributed by atoms with Gasteiger partial charge in [-0.2, -0.15) is 0 Å². The first kappa shape index (κ1) is 24.5. The number of aryl methyl sites for hydroxylation is 1. The van der Waals surface area contributed by atoms with E-state index in [1.54, 1.807) is 13.3 Å². The highest BCUT2D eigenvalue weighted by Crippen LogP contribution is 2.39. The molecule has 188 valence electrons. The molecule has 4 aromatic rings. The third-order valence-electron chi connectivity index (χ3n) is 6.38. The molecule has 1 aromatic carbocycles. The lowest BCUT2D eigenvalue weighted by Crippen LogP contribution is -2.33. The quantitative estimate of drug-likeness (QED) is 0.334. The summed E-state index contributed by atoms with van der Waals surface area (Å²) in [5.41, 5.74) is 3.61. The van der Waals surface area contributed by atoms with E-state index in [0.717, 1.165) is 22.8 Å². The molecule has 0 spiro atoms. The molecule has 1 aliphatic heterocycles. The van der Waals surface area contributed by atoms with E-state index in [4.69, 9.17) is 17.0 Å². The summed E-state index contributed by atoms with van der Waals surface area (Å²) in [5, 5.41) is 6.98. The van der Waals surface area contributed by atoms with Gasteiger partial charge in [0.05, 0.1) is 30.6 Å². The maximum Gasteiger partial charge on any atom is 0.226 e. The van der Waals surface area contributed by atoms with Crippen LogP contribution in [0, 0.1) is 6.92 Å². The van der Waals surface area contributed by atoms with E-state index < -0.39 is 0 Å². The molecule has 2 N–H and O–H groups in total. The minimum absolute atomic E-state index is 0.122. The number of aromatic nitrogens is 3. The minimum Gasteiger partial charge on any atom is -0.495 e. The highest BCUT2D eigenvalue weighted by molar-refractivity contribution is 7.80. The summed E-state index contributed by atoms with van der Waals surface area (Å²) in [4.78, 5) is 24.2. The number of thiocarbonyl (C=S) groups is 1. The van der Waals surface area contributed by atoms with Crippen LogP contribution in [0.4, 0.5) is 5.69 Å². The lowest BCUT2D eigenvalue weighted by atomic mass is 10.0. The fourth-order valence-electron chi connectivity index (χ4n) is 4.60. The molecule has 0 bridgehead atoms.